The first-order valence-corrected chi connectivity index (χ1v) is 7.77. The molecule has 0 fully saturated rings. The molecular formula is C17H16BrFO2. The molecule has 0 spiro atoms. The number of halogens is 2. The number of benzene rings is 2. The van der Waals surface area contributed by atoms with E-state index < -0.39 is 6.10 Å². The highest BCUT2D eigenvalue weighted by atomic mass is 79.9. The van der Waals surface area contributed by atoms with Crippen molar-refractivity contribution in [1.29, 1.82) is 0 Å². The van der Waals surface area contributed by atoms with Crippen LogP contribution in [0.3, 0.4) is 0 Å². The van der Waals surface area contributed by atoms with Crippen LogP contribution in [0.1, 0.15) is 35.3 Å². The zero-order valence-corrected chi connectivity index (χ0v) is 13.0. The minimum atomic E-state index is -0.682. The largest absolute Gasteiger partial charge is 0.388 e. The van der Waals surface area contributed by atoms with Gasteiger partial charge in [-0.05, 0) is 51.2 Å². The fourth-order valence-corrected chi connectivity index (χ4v) is 3.13. The average Bonchev–Trinajstić information content (AvgIpc) is 2.50. The molecule has 0 bridgehead atoms. The Morgan fingerprint density at radius 2 is 2.10 bits per heavy atom. The third-order valence-electron chi connectivity index (χ3n) is 3.86. The molecule has 2 aromatic rings. The summed E-state index contributed by atoms with van der Waals surface area (Å²) in [7, 11) is 0. The van der Waals surface area contributed by atoms with Crippen LogP contribution < -0.4 is 0 Å². The van der Waals surface area contributed by atoms with Gasteiger partial charge in [0.05, 0.1) is 23.3 Å². The zero-order valence-electron chi connectivity index (χ0n) is 11.4. The molecule has 3 rings (SSSR count). The molecule has 0 saturated heterocycles. The molecule has 2 nitrogen and oxygen atoms in total. The van der Waals surface area contributed by atoms with E-state index >= 15 is 0 Å². The number of hydrogen-bond acceptors (Lipinski definition) is 2. The first-order valence-electron chi connectivity index (χ1n) is 6.97. The molecule has 1 aliphatic rings. The molecule has 0 saturated carbocycles. The van der Waals surface area contributed by atoms with Crippen molar-refractivity contribution in [3.05, 3.63) is 69.4 Å². The summed E-state index contributed by atoms with van der Waals surface area (Å²) in [5.74, 6) is -0.329. The fraction of sp³-hybridized carbons (Fsp3) is 0.294. The number of aliphatic hydroxyl groups is 1. The van der Waals surface area contributed by atoms with Crippen molar-refractivity contribution in [1.82, 2.24) is 0 Å². The molecule has 0 aliphatic carbocycles. The van der Waals surface area contributed by atoms with Crippen LogP contribution in [-0.4, -0.2) is 11.7 Å². The molecule has 4 heteroatoms. The summed E-state index contributed by atoms with van der Waals surface area (Å²) < 4.78 is 19.4. The first kappa shape index (κ1) is 14.7. The SMILES string of the molecule is OC(CC1OCCc2ccccc21)c1ccc(F)c(Br)c1. The molecule has 1 aliphatic heterocycles. The number of hydrogen-bond donors (Lipinski definition) is 1. The number of ether oxygens (including phenoxy) is 1. The third-order valence-corrected chi connectivity index (χ3v) is 4.47. The molecule has 2 aromatic carbocycles. The van der Waals surface area contributed by atoms with E-state index in [2.05, 4.69) is 22.0 Å². The van der Waals surface area contributed by atoms with Crippen LogP contribution in [0.4, 0.5) is 4.39 Å². The van der Waals surface area contributed by atoms with Gasteiger partial charge in [0.2, 0.25) is 0 Å². The van der Waals surface area contributed by atoms with E-state index in [1.807, 2.05) is 18.2 Å². The van der Waals surface area contributed by atoms with Crippen molar-refractivity contribution in [3.63, 3.8) is 0 Å². The summed E-state index contributed by atoms with van der Waals surface area (Å²) >= 11 is 3.15. The van der Waals surface area contributed by atoms with Gasteiger partial charge in [0.25, 0.3) is 0 Å². The quantitative estimate of drug-likeness (QED) is 0.892. The summed E-state index contributed by atoms with van der Waals surface area (Å²) in [6, 6.07) is 12.8. The lowest BCUT2D eigenvalue weighted by atomic mass is 9.92. The standard InChI is InChI=1S/C17H16BrFO2/c18-14-9-12(5-6-15(14)19)16(20)10-17-13-4-2-1-3-11(13)7-8-21-17/h1-6,9,16-17,20H,7-8,10H2. The van der Waals surface area contributed by atoms with E-state index in [1.165, 1.54) is 11.6 Å². The van der Waals surface area contributed by atoms with Gasteiger partial charge < -0.3 is 9.84 Å². The Kier molecular flexibility index (Phi) is 4.38. The molecule has 21 heavy (non-hydrogen) atoms. The first-order chi connectivity index (χ1) is 10.1. The molecule has 2 atom stereocenters. The highest BCUT2D eigenvalue weighted by Crippen LogP contribution is 2.35. The Labute approximate surface area is 131 Å². The minimum absolute atomic E-state index is 0.117. The van der Waals surface area contributed by atoms with Gasteiger partial charge >= 0.3 is 0 Å². The van der Waals surface area contributed by atoms with Gasteiger partial charge in [-0.25, -0.2) is 4.39 Å². The highest BCUT2D eigenvalue weighted by Gasteiger charge is 2.24. The van der Waals surface area contributed by atoms with Crippen molar-refractivity contribution < 1.29 is 14.2 Å². The van der Waals surface area contributed by atoms with Gasteiger partial charge in [0.15, 0.2) is 0 Å². The third kappa shape index (κ3) is 3.18. The maximum absolute atomic E-state index is 13.3. The van der Waals surface area contributed by atoms with Crippen molar-refractivity contribution in [3.8, 4) is 0 Å². The Morgan fingerprint density at radius 3 is 2.90 bits per heavy atom. The second kappa shape index (κ2) is 6.26. The smallest absolute Gasteiger partial charge is 0.137 e. The van der Waals surface area contributed by atoms with E-state index in [9.17, 15) is 9.50 Å². The van der Waals surface area contributed by atoms with Crippen molar-refractivity contribution >= 4 is 15.9 Å². The van der Waals surface area contributed by atoms with Crippen molar-refractivity contribution in [2.75, 3.05) is 6.61 Å². The van der Waals surface area contributed by atoms with Gasteiger partial charge in [-0.1, -0.05) is 30.3 Å². The molecule has 0 amide bonds. The van der Waals surface area contributed by atoms with Crippen LogP contribution in [0.25, 0.3) is 0 Å². The van der Waals surface area contributed by atoms with Crippen LogP contribution in [-0.2, 0) is 11.2 Å². The summed E-state index contributed by atoms with van der Waals surface area (Å²) in [5.41, 5.74) is 3.11. The van der Waals surface area contributed by atoms with Gasteiger partial charge in [-0.3, -0.25) is 0 Å². The Morgan fingerprint density at radius 1 is 1.29 bits per heavy atom. The van der Waals surface area contributed by atoms with E-state index in [0.717, 1.165) is 12.0 Å². The zero-order chi connectivity index (χ0) is 14.8. The lowest BCUT2D eigenvalue weighted by Gasteiger charge is -2.28. The average molecular weight is 351 g/mol. The fourth-order valence-electron chi connectivity index (χ4n) is 2.73. The monoisotopic (exact) mass is 350 g/mol. The number of fused-ring (bicyclic) bond motifs is 1. The maximum Gasteiger partial charge on any atom is 0.137 e. The lowest BCUT2D eigenvalue weighted by Crippen LogP contribution is -2.18. The minimum Gasteiger partial charge on any atom is -0.388 e. The predicted molar refractivity (Wildman–Crippen MR) is 82.5 cm³/mol. The molecule has 2 unspecified atom stereocenters. The highest BCUT2D eigenvalue weighted by molar-refractivity contribution is 9.10. The lowest BCUT2D eigenvalue weighted by molar-refractivity contribution is 0.00375. The second-order valence-corrected chi connectivity index (χ2v) is 6.09. The van der Waals surface area contributed by atoms with E-state index in [-0.39, 0.29) is 11.9 Å². The predicted octanol–water partition coefficient (Wildman–Crippen LogP) is 4.33. The van der Waals surface area contributed by atoms with Gasteiger partial charge in [0, 0.05) is 6.42 Å². The normalized spacial score (nSPS) is 19.1. The van der Waals surface area contributed by atoms with E-state index in [0.29, 0.717) is 23.1 Å². The molecular weight excluding hydrogens is 335 g/mol. The summed E-state index contributed by atoms with van der Waals surface area (Å²) in [6.45, 7) is 0.668. The molecule has 110 valence electrons. The van der Waals surface area contributed by atoms with Crippen LogP contribution in [0.5, 0.6) is 0 Å². The summed E-state index contributed by atoms with van der Waals surface area (Å²) in [4.78, 5) is 0. The Balaban J connectivity index is 1.79. The molecule has 1 N–H and O–H groups in total. The summed E-state index contributed by atoms with van der Waals surface area (Å²) in [5, 5.41) is 10.4. The van der Waals surface area contributed by atoms with Crippen molar-refractivity contribution in [2.45, 2.75) is 25.0 Å². The van der Waals surface area contributed by atoms with Crippen molar-refractivity contribution in [2.24, 2.45) is 0 Å². The van der Waals surface area contributed by atoms with E-state index in [1.54, 1.807) is 12.1 Å². The van der Waals surface area contributed by atoms with Crippen LogP contribution in [0.2, 0.25) is 0 Å². The van der Waals surface area contributed by atoms with Gasteiger partial charge in [0.1, 0.15) is 5.82 Å². The topological polar surface area (TPSA) is 29.5 Å². The van der Waals surface area contributed by atoms with Crippen LogP contribution >= 0.6 is 15.9 Å². The van der Waals surface area contributed by atoms with E-state index in [4.69, 9.17) is 4.74 Å². The summed E-state index contributed by atoms with van der Waals surface area (Å²) in [6.07, 6.45) is 0.576. The van der Waals surface area contributed by atoms with Gasteiger partial charge in [-0.15, -0.1) is 0 Å². The number of rotatable bonds is 3. The molecule has 1 heterocycles. The van der Waals surface area contributed by atoms with Crippen LogP contribution in [0, 0.1) is 5.82 Å². The maximum atomic E-state index is 13.3. The van der Waals surface area contributed by atoms with Crippen LogP contribution in [0.15, 0.2) is 46.9 Å². The molecule has 0 aromatic heterocycles. The Hall–Kier alpha value is -1.23. The number of aliphatic hydroxyl groups excluding tert-OH is 1. The van der Waals surface area contributed by atoms with Gasteiger partial charge in [-0.2, -0.15) is 0 Å². The second-order valence-electron chi connectivity index (χ2n) is 5.23. The Bertz CT molecular complexity index is 644. The molecule has 0 radical (unpaired) electrons.